The summed E-state index contributed by atoms with van der Waals surface area (Å²) in [7, 11) is 0. The fraction of sp³-hybridized carbons (Fsp3) is 0.462. The Bertz CT molecular complexity index is 434. The summed E-state index contributed by atoms with van der Waals surface area (Å²) in [5.74, 6) is -0.251. The van der Waals surface area contributed by atoms with Crippen molar-refractivity contribution in [3.63, 3.8) is 0 Å². The minimum atomic E-state index is -0.374. The molecule has 3 N–H and O–H groups in total. The highest BCUT2D eigenvalue weighted by Crippen LogP contribution is 2.20. The van der Waals surface area contributed by atoms with E-state index < -0.39 is 0 Å². The van der Waals surface area contributed by atoms with Crippen molar-refractivity contribution in [1.29, 1.82) is 0 Å². The van der Waals surface area contributed by atoms with E-state index in [-0.39, 0.29) is 23.9 Å². The lowest BCUT2D eigenvalue weighted by molar-refractivity contribution is 0.0942. The lowest BCUT2D eigenvalue weighted by Gasteiger charge is -2.26. The molecule has 1 aromatic rings. The van der Waals surface area contributed by atoms with E-state index in [1.807, 2.05) is 13.8 Å². The molecule has 0 saturated carbocycles. The molecule has 108 valence electrons. The molecule has 0 bridgehead atoms. The second kappa shape index (κ2) is 7.95. The van der Waals surface area contributed by atoms with Crippen molar-refractivity contribution >= 4 is 41.5 Å². The fourth-order valence-electron chi connectivity index (χ4n) is 1.52. The van der Waals surface area contributed by atoms with E-state index in [1.165, 1.54) is 0 Å². The summed E-state index contributed by atoms with van der Waals surface area (Å²) in [6, 6.07) is 4.80. The quantitative estimate of drug-likeness (QED) is 0.868. The monoisotopic (exact) mass is 324 g/mol. The van der Waals surface area contributed by atoms with Crippen molar-refractivity contribution in [1.82, 2.24) is 5.32 Å². The van der Waals surface area contributed by atoms with Crippen LogP contribution in [0.4, 0.5) is 0 Å². The van der Waals surface area contributed by atoms with Crippen LogP contribution in [0.5, 0.6) is 0 Å². The van der Waals surface area contributed by atoms with Crippen molar-refractivity contribution in [3.8, 4) is 0 Å². The third-order valence-electron chi connectivity index (χ3n) is 3.18. The van der Waals surface area contributed by atoms with Gasteiger partial charge < -0.3 is 11.1 Å². The number of nitrogens with two attached hydrogens (primary N) is 1. The maximum atomic E-state index is 12.0. The molecule has 0 unspecified atom stereocenters. The van der Waals surface area contributed by atoms with E-state index >= 15 is 0 Å². The molecule has 1 rings (SSSR count). The van der Waals surface area contributed by atoms with Gasteiger partial charge in [-0.1, -0.05) is 37.0 Å². The van der Waals surface area contributed by atoms with Crippen molar-refractivity contribution in [3.05, 3.63) is 33.8 Å². The molecule has 0 aromatic heterocycles. The Balaban J connectivity index is 0.00000324. The number of amides is 1. The van der Waals surface area contributed by atoms with Crippen LogP contribution >= 0.6 is 35.6 Å². The molecule has 3 nitrogen and oxygen atoms in total. The minimum absolute atomic E-state index is 0. The maximum absolute atomic E-state index is 12.0. The molecular weight excluding hydrogens is 307 g/mol. The summed E-state index contributed by atoms with van der Waals surface area (Å²) >= 11 is 11.8. The first-order chi connectivity index (χ1) is 8.41. The number of benzene rings is 1. The molecule has 1 aromatic carbocycles. The van der Waals surface area contributed by atoms with Gasteiger partial charge in [-0.05, 0) is 31.0 Å². The number of nitrogens with one attached hydrogen (secondary N) is 1. The first-order valence-electron chi connectivity index (χ1n) is 5.94. The molecule has 0 saturated heterocycles. The van der Waals surface area contributed by atoms with E-state index in [0.29, 0.717) is 22.2 Å². The van der Waals surface area contributed by atoms with Crippen LogP contribution in [0.15, 0.2) is 18.2 Å². The van der Waals surface area contributed by atoms with E-state index in [1.54, 1.807) is 18.2 Å². The Morgan fingerprint density at radius 3 is 2.42 bits per heavy atom. The van der Waals surface area contributed by atoms with E-state index in [2.05, 4.69) is 5.32 Å². The van der Waals surface area contributed by atoms with Gasteiger partial charge in [0.25, 0.3) is 5.91 Å². The van der Waals surface area contributed by atoms with Crippen LogP contribution in [0.1, 0.15) is 37.0 Å². The summed E-state index contributed by atoms with van der Waals surface area (Å²) in [5, 5.41) is 3.67. The van der Waals surface area contributed by atoms with Crippen molar-refractivity contribution < 1.29 is 4.79 Å². The van der Waals surface area contributed by atoms with Crippen LogP contribution < -0.4 is 11.1 Å². The number of carbonyl (C=O) groups is 1. The van der Waals surface area contributed by atoms with E-state index in [9.17, 15) is 4.79 Å². The summed E-state index contributed by atoms with van der Waals surface area (Å²) in [6.45, 7) is 4.42. The predicted octanol–water partition coefficient (Wildman–Crippen LogP) is 3.66. The summed E-state index contributed by atoms with van der Waals surface area (Å²) in [5.41, 5.74) is 6.12. The Morgan fingerprint density at radius 2 is 1.89 bits per heavy atom. The largest absolute Gasteiger partial charge is 0.350 e. The van der Waals surface area contributed by atoms with Gasteiger partial charge in [-0.25, -0.2) is 0 Å². The van der Waals surface area contributed by atoms with Crippen LogP contribution in [-0.2, 0) is 0 Å². The van der Waals surface area contributed by atoms with Crippen LogP contribution in [-0.4, -0.2) is 18.0 Å². The lowest BCUT2D eigenvalue weighted by Crippen LogP contribution is -2.49. The SMILES string of the molecule is CCC(N)(CC)CNC(=O)c1cc(Cl)ccc1Cl.Cl. The summed E-state index contributed by atoms with van der Waals surface area (Å²) < 4.78 is 0. The lowest BCUT2D eigenvalue weighted by atomic mass is 9.94. The third kappa shape index (κ3) is 5.19. The maximum Gasteiger partial charge on any atom is 0.252 e. The molecule has 0 spiro atoms. The zero-order valence-electron chi connectivity index (χ0n) is 11.0. The molecule has 0 aliphatic rings. The molecule has 19 heavy (non-hydrogen) atoms. The van der Waals surface area contributed by atoms with Crippen molar-refractivity contribution in [2.45, 2.75) is 32.2 Å². The Morgan fingerprint density at radius 1 is 1.32 bits per heavy atom. The number of carbonyl (C=O) groups excluding carboxylic acids is 1. The van der Waals surface area contributed by atoms with Gasteiger partial charge in [0.2, 0.25) is 0 Å². The topological polar surface area (TPSA) is 55.1 Å². The first-order valence-corrected chi connectivity index (χ1v) is 6.69. The normalized spacial score (nSPS) is 10.8. The van der Waals surface area contributed by atoms with Gasteiger partial charge in [-0.15, -0.1) is 12.4 Å². The highest BCUT2D eigenvalue weighted by molar-refractivity contribution is 6.35. The van der Waals surface area contributed by atoms with Crippen molar-refractivity contribution in [2.75, 3.05) is 6.54 Å². The Labute approximate surface area is 130 Å². The second-order valence-electron chi connectivity index (χ2n) is 4.38. The van der Waals surface area contributed by atoms with Gasteiger partial charge in [0.15, 0.2) is 0 Å². The molecule has 0 aliphatic carbocycles. The smallest absolute Gasteiger partial charge is 0.252 e. The van der Waals surface area contributed by atoms with Gasteiger partial charge in [-0.2, -0.15) is 0 Å². The van der Waals surface area contributed by atoms with Crippen LogP contribution in [0.3, 0.4) is 0 Å². The molecule has 6 heteroatoms. The Hall–Kier alpha value is -0.480. The zero-order valence-corrected chi connectivity index (χ0v) is 13.3. The molecule has 0 heterocycles. The van der Waals surface area contributed by atoms with Crippen LogP contribution in [0.25, 0.3) is 0 Å². The molecule has 0 fully saturated rings. The van der Waals surface area contributed by atoms with Crippen molar-refractivity contribution in [2.24, 2.45) is 5.73 Å². The highest BCUT2D eigenvalue weighted by Gasteiger charge is 2.21. The standard InChI is InChI=1S/C13H18Cl2N2O.ClH/c1-3-13(16,4-2)8-17-12(18)10-7-9(14)5-6-11(10)15;/h5-7H,3-4,8,16H2,1-2H3,(H,17,18);1H. The summed E-state index contributed by atoms with van der Waals surface area (Å²) in [6.07, 6.45) is 1.60. The second-order valence-corrected chi connectivity index (χ2v) is 5.22. The molecular formula is C13H19Cl3N2O. The first kappa shape index (κ1) is 18.5. The number of hydrogen-bond donors (Lipinski definition) is 2. The van der Waals surface area contributed by atoms with Crippen LogP contribution in [0, 0.1) is 0 Å². The average Bonchev–Trinajstić information content (AvgIpc) is 2.38. The number of rotatable bonds is 5. The fourth-order valence-corrected chi connectivity index (χ4v) is 1.90. The highest BCUT2D eigenvalue weighted by atomic mass is 35.5. The van der Waals surface area contributed by atoms with Gasteiger partial charge in [0.05, 0.1) is 10.6 Å². The minimum Gasteiger partial charge on any atom is -0.350 e. The van der Waals surface area contributed by atoms with Gasteiger partial charge in [0, 0.05) is 17.1 Å². The van der Waals surface area contributed by atoms with Gasteiger partial charge in [-0.3, -0.25) is 4.79 Å². The molecule has 0 atom stereocenters. The van der Waals surface area contributed by atoms with Gasteiger partial charge in [0.1, 0.15) is 0 Å². The van der Waals surface area contributed by atoms with E-state index in [4.69, 9.17) is 28.9 Å². The molecule has 0 aliphatic heterocycles. The van der Waals surface area contributed by atoms with Crippen LogP contribution in [0.2, 0.25) is 10.0 Å². The Kier molecular flexibility index (Phi) is 7.75. The number of hydrogen-bond acceptors (Lipinski definition) is 2. The van der Waals surface area contributed by atoms with E-state index in [0.717, 1.165) is 12.8 Å². The van der Waals surface area contributed by atoms with Gasteiger partial charge >= 0.3 is 0 Å². The molecule has 0 radical (unpaired) electrons. The zero-order chi connectivity index (χ0) is 13.8. The average molecular weight is 326 g/mol. The number of halogens is 3. The predicted molar refractivity (Wildman–Crippen MR) is 83.5 cm³/mol. The molecule has 1 amide bonds. The third-order valence-corrected chi connectivity index (χ3v) is 3.75. The summed E-state index contributed by atoms with van der Waals surface area (Å²) in [4.78, 5) is 12.0.